The van der Waals surface area contributed by atoms with Crippen LogP contribution in [-0.4, -0.2) is 32.6 Å². The maximum Gasteiger partial charge on any atom is 0.273 e. The lowest BCUT2D eigenvalue weighted by atomic mass is 10.1. The van der Waals surface area contributed by atoms with E-state index in [1.54, 1.807) is 31.2 Å². The number of halogens is 1. The van der Waals surface area contributed by atoms with E-state index in [4.69, 9.17) is 11.6 Å². The average molecular weight is 385 g/mol. The second kappa shape index (κ2) is 7.90. The molecule has 3 aromatic rings. The monoisotopic (exact) mass is 384 g/mol. The first-order chi connectivity index (χ1) is 12.8. The molecule has 0 radical (unpaired) electrons. The Morgan fingerprint density at radius 1 is 1.19 bits per heavy atom. The quantitative estimate of drug-likeness (QED) is 0.707. The molecule has 0 saturated heterocycles. The summed E-state index contributed by atoms with van der Waals surface area (Å²) in [5, 5.41) is 22.2. The van der Waals surface area contributed by atoms with Crippen molar-refractivity contribution in [3.05, 3.63) is 75.6 Å². The Balaban J connectivity index is 1.73. The molecule has 1 atom stereocenters. The molecule has 6 nitrogen and oxygen atoms in total. The van der Waals surface area contributed by atoms with Crippen LogP contribution in [0.1, 0.15) is 39.0 Å². The lowest BCUT2D eigenvalue weighted by Gasteiger charge is -2.12. The molecule has 2 aromatic carbocycles. The van der Waals surface area contributed by atoms with Gasteiger partial charge in [-0.15, -0.1) is 5.10 Å². The molecule has 1 aromatic heterocycles. The van der Waals surface area contributed by atoms with Gasteiger partial charge in [0.15, 0.2) is 5.69 Å². The first-order valence-electron chi connectivity index (χ1n) is 8.58. The Hall–Kier alpha value is -2.70. The van der Waals surface area contributed by atoms with Crippen LogP contribution in [0, 0.1) is 20.8 Å². The molecule has 1 heterocycles. The molecule has 0 unspecified atom stereocenters. The average Bonchev–Trinajstić information content (AvgIpc) is 3.01. The van der Waals surface area contributed by atoms with Gasteiger partial charge in [0.05, 0.1) is 17.5 Å². The van der Waals surface area contributed by atoms with Gasteiger partial charge >= 0.3 is 0 Å². The summed E-state index contributed by atoms with van der Waals surface area (Å²) in [5.74, 6) is -0.385. The number of aromatic nitrogens is 3. The number of aryl methyl sites for hydroxylation is 3. The van der Waals surface area contributed by atoms with Crippen LogP contribution in [0.5, 0.6) is 0 Å². The van der Waals surface area contributed by atoms with Gasteiger partial charge in [-0.25, -0.2) is 0 Å². The molecule has 0 aliphatic rings. The molecule has 0 fully saturated rings. The third-order valence-electron chi connectivity index (χ3n) is 4.25. The van der Waals surface area contributed by atoms with Crippen LogP contribution in [0.15, 0.2) is 42.5 Å². The molecule has 0 saturated carbocycles. The minimum atomic E-state index is -0.859. The zero-order valence-electron chi connectivity index (χ0n) is 15.4. The van der Waals surface area contributed by atoms with Gasteiger partial charge in [0.2, 0.25) is 0 Å². The first kappa shape index (κ1) is 19.1. The number of carbonyl (C=O) groups excluding carboxylic acids is 1. The fourth-order valence-corrected chi connectivity index (χ4v) is 3.03. The van der Waals surface area contributed by atoms with Gasteiger partial charge in [-0.1, -0.05) is 41.4 Å². The van der Waals surface area contributed by atoms with Crippen molar-refractivity contribution in [2.75, 3.05) is 6.54 Å². The molecule has 3 rings (SSSR count). The molecular weight excluding hydrogens is 364 g/mol. The van der Waals surface area contributed by atoms with Crippen molar-refractivity contribution < 1.29 is 9.90 Å². The fraction of sp³-hybridized carbons (Fsp3) is 0.250. The van der Waals surface area contributed by atoms with Gasteiger partial charge in [0, 0.05) is 11.6 Å². The van der Waals surface area contributed by atoms with Crippen LogP contribution in [-0.2, 0) is 0 Å². The molecule has 7 heteroatoms. The summed E-state index contributed by atoms with van der Waals surface area (Å²) in [6.45, 7) is 5.77. The highest BCUT2D eigenvalue weighted by Crippen LogP contribution is 2.18. The van der Waals surface area contributed by atoms with Crippen molar-refractivity contribution in [2.24, 2.45) is 0 Å². The van der Waals surface area contributed by atoms with Crippen molar-refractivity contribution in [1.29, 1.82) is 0 Å². The van der Waals surface area contributed by atoms with E-state index in [-0.39, 0.29) is 18.1 Å². The van der Waals surface area contributed by atoms with Crippen LogP contribution < -0.4 is 5.32 Å². The van der Waals surface area contributed by atoms with Crippen molar-refractivity contribution in [2.45, 2.75) is 26.9 Å². The van der Waals surface area contributed by atoms with Crippen molar-refractivity contribution in [1.82, 2.24) is 20.3 Å². The largest absolute Gasteiger partial charge is 0.387 e. The highest BCUT2D eigenvalue weighted by Gasteiger charge is 2.18. The lowest BCUT2D eigenvalue weighted by molar-refractivity contribution is 0.0910. The Kier molecular flexibility index (Phi) is 5.58. The summed E-state index contributed by atoms with van der Waals surface area (Å²) >= 11 is 5.93. The number of nitrogens with one attached hydrogen (secondary N) is 1. The number of nitrogens with zero attached hydrogens (tertiary/aromatic N) is 3. The molecule has 140 valence electrons. The van der Waals surface area contributed by atoms with E-state index in [1.165, 1.54) is 4.80 Å². The second-order valence-corrected chi connectivity index (χ2v) is 6.93. The predicted molar refractivity (Wildman–Crippen MR) is 104 cm³/mol. The summed E-state index contributed by atoms with van der Waals surface area (Å²) in [5.41, 5.74) is 4.37. The van der Waals surface area contributed by atoms with Gasteiger partial charge < -0.3 is 10.4 Å². The zero-order chi connectivity index (χ0) is 19.6. The number of rotatable bonds is 5. The van der Waals surface area contributed by atoms with E-state index in [9.17, 15) is 9.90 Å². The van der Waals surface area contributed by atoms with Gasteiger partial charge in [-0.05, 0) is 50.1 Å². The summed E-state index contributed by atoms with van der Waals surface area (Å²) < 4.78 is 0. The highest BCUT2D eigenvalue weighted by atomic mass is 35.5. The standard InChI is InChI=1S/C20H21ClN4O2/c1-12-7-8-17(13(2)9-12)25-23-14(3)19(24-25)20(27)22-11-18(26)15-5-4-6-16(21)10-15/h4-10,18,26H,11H2,1-3H3,(H,22,27)/t18-/m0/s1. The first-order valence-corrected chi connectivity index (χ1v) is 8.96. The van der Waals surface area contributed by atoms with Crippen LogP contribution in [0.25, 0.3) is 5.69 Å². The van der Waals surface area contributed by atoms with Crippen LogP contribution in [0.2, 0.25) is 5.02 Å². The molecule has 0 spiro atoms. The third-order valence-corrected chi connectivity index (χ3v) is 4.49. The maximum absolute atomic E-state index is 12.5. The van der Waals surface area contributed by atoms with Crippen LogP contribution in [0.4, 0.5) is 0 Å². The van der Waals surface area contributed by atoms with Crippen LogP contribution in [0.3, 0.4) is 0 Å². The van der Waals surface area contributed by atoms with E-state index in [0.29, 0.717) is 16.3 Å². The summed E-state index contributed by atoms with van der Waals surface area (Å²) in [6, 6.07) is 12.8. The Bertz CT molecular complexity index is 984. The highest BCUT2D eigenvalue weighted by molar-refractivity contribution is 6.30. The molecule has 0 bridgehead atoms. The number of aliphatic hydroxyl groups excluding tert-OH is 1. The number of hydrogen-bond donors (Lipinski definition) is 2. The predicted octanol–water partition coefficient (Wildman–Crippen LogP) is 3.31. The van der Waals surface area contributed by atoms with E-state index >= 15 is 0 Å². The number of hydrogen-bond acceptors (Lipinski definition) is 4. The summed E-state index contributed by atoms with van der Waals surface area (Å²) in [7, 11) is 0. The normalized spacial score (nSPS) is 12.0. The maximum atomic E-state index is 12.5. The lowest BCUT2D eigenvalue weighted by Crippen LogP contribution is -2.29. The second-order valence-electron chi connectivity index (χ2n) is 6.49. The molecule has 2 N–H and O–H groups in total. The van der Waals surface area contributed by atoms with E-state index in [1.807, 2.05) is 32.0 Å². The van der Waals surface area contributed by atoms with Gasteiger partial charge in [-0.3, -0.25) is 4.79 Å². The Morgan fingerprint density at radius 2 is 1.96 bits per heavy atom. The molecule has 27 heavy (non-hydrogen) atoms. The SMILES string of the molecule is Cc1ccc(-n2nc(C)c(C(=O)NC[C@H](O)c3cccc(Cl)c3)n2)c(C)c1. The third kappa shape index (κ3) is 4.35. The minimum Gasteiger partial charge on any atom is -0.387 e. The Labute approximate surface area is 162 Å². The molecular formula is C20H21ClN4O2. The number of benzene rings is 2. The van der Waals surface area contributed by atoms with Gasteiger partial charge in [0.25, 0.3) is 5.91 Å². The van der Waals surface area contributed by atoms with Gasteiger partial charge in [-0.2, -0.15) is 9.90 Å². The smallest absolute Gasteiger partial charge is 0.273 e. The topological polar surface area (TPSA) is 80.0 Å². The summed E-state index contributed by atoms with van der Waals surface area (Å²) in [6.07, 6.45) is -0.859. The Morgan fingerprint density at radius 3 is 2.67 bits per heavy atom. The van der Waals surface area contributed by atoms with Crippen molar-refractivity contribution >= 4 is 17.5 Å². The van der Waals surface area contributed by atoms with Gasteiger partial charge in [0.1, 0.15) is 0 Å². The van der Waals surface area contributed by atoms with Crippen molar-refractivity contribution in [3.63, 3.8) is 0 Å². The molecule has 1 amide bonds. The zero-order valence-corrected chi connectivity index (χ0v) is 16.2. The number of carbonyl (C=O) groups is 1. The van der Waals surface area contributed by atoms with Crippen LogP contribution >= 0.6 is 11.6 Å². The van der Waals surface area contributed by atoms with Crippen molar-refractivity contribution in [3.8, 4) is 5.69 Å². The van der Waals surface area contributed by atoms with E-state index < -0.39 is 6.10 Å². The number of aliphatic hydroxyl groups is 1. The summed E-state index contributed by atoms with van der Waals surface area (Å²) in [4.78, 5) is 14.0. The molecule has 0 aliphatic heterocycles. The fourth-order valence-electron chi connectivity index (χ4n) is 2.83. The minimum absolute atomic E-state index is 0.0506. The molecule has 0 aliphatic carbocycles. The van der Waals surface area contributed by atoms with E-state index in [2.05, 4.69) is 15.5 Å². The number of amides is 1. The van der Waals surface area contributed by atoms with E-state index in [0.717, 1.165) is 16.8 Å².